The predicted octanol–water partition coefficient (Wildman–Crippen LogP) is 3.74. The minimum atomic E-state index is -4.43. The number of aliphatic imine (C=N–C) groups is 1. The molecule has 0 spiro atoms. The molecule has 0 aromatic heterocycles. The Morgan fingerprint density at radius 1 is 1.31 bits per heavy atom. The van der Waals surface area contributed by atoms with Crippen LogP contribution in [0.1, 0.15) is 20.8 Å². The molecule has 1 nitrogen and oxygen atoms in total. The second-order valence-corrected chi connectivity index (χ2v) is 1.89. The smallest absolute Gasteiger partial charge is 0.259 e. The van der Waals surface area contributed by atoms with Gasteiger partial charge in [0.15, 0.2) is 0 Å². The van der Waals surface area contributed by atoms with Gasteiger partial charge in [-0.25, -0.2) is 0 Å². The molecule has 0 aliphatic carbocycles. The molecule has 0 radical (unpaired) electrons. The van der Waals surface area contributed by atoms with Gasteiger partial charge in [0.2, 0.25) is 0 Å². The molecular weight excluding hydrogens is 179 g/mol. The number of hydrogen-bond acceptors (Lipinski definition) is 1. The summed E-state index contributed by atoms with van der Waals surface area (Å²) in [5.41, 5.74) is -1.000. The standard InChI is InChI=1S/C7H8F3N.C2H6/c1-4-5(2)6(11-3)7(8,9)10;1-2/h4H,1,3H2,2H3;1-2H3/b6-5-;. The highest BCUT2D eigenvalue weighted by Crippen LogP contribution is 2.28. The highest BCUT2D eigenvalue weighted by molar-refractivity contribution is 5.35. The Balaban J connectivity index is 0. The topological polar surface area (TPSA) is 12.4 Å². The largest absolute Gasteiger partial charge is 0.433 e. The Morgan fingerprint density at radius 2 is 1.69 bits per heavy atom. The van der Waals surface area contributed by atoms with Crippen molar-refractivity contribution >= 4 is 6.72 Å². The van der Waals surface area contributed by atoms with Gasteiger partial charge in [-0.15, -0.1) is 0 Å². The first-order chi connectivity index (χ1) is 5.93. The van der Waals surface area contributed by atoms with E-state index in [2.05, 4.69) is 18.3 Å². The molecule has 0 atom stereocenters. The maximum atomic E-state index is 11.9. The molecule has 0 saturated carbocycles. The molecule has 0 bridgehead atoms. The zero-order valence-electron chi connectivity index (χ0n) is 8.07. The third kappa shape index (κ3) is 5.22. The summed E-state index contributed by atoms with van der Waals surface area (Å²) in [4.78, 5) is 2.86. The van der Waals surface area contributed by atoms with E-state index in [-0.39, 0.29) is 5.57 Å². The van der Waals surface area contributed by atoms with Crippen molar-refractivity contribution in [2.45, 2.75) is 26.9 Å². The second-order valence-electron chi connectivity index (χ2n) is 1.89. The van der Waals surface area contributed by atoms with E-state index in [0.717, 1.165) is 6.08 Å². The maximum absolute atomic E-state index is 11.9. The van der Waals surface area contributed by atoms with Crippen molar-refractivity contribution in [2.24, 2.45) is 4.99 Å². The molecule has 4 heteroatoms. The van der Waals surface area contributed by atoms with Gasteiger partial charge in [-0.1, -0.05) is 26.5 Å². The first-order valence-electron chi connectivity index (χ1n) is 3.80. The normalized spacial score (nSPS) is 12.2. The lowest BCUT2D eigenvalue weighted by atomic mass is 10.2. The van der Waals surface area contributed by atoms with Crippen LogP contribution in [0.4, 0.5) is 13.2 Å². The van der Waals surface area contributed by atoms with Crippen LogP contribution in [0.2, 0.25) is 0 Å². The monoisotopic (exact) mass is 193 g/mol. The summed E-state index contributed by atoms with van der Waals surface area (Å²) in [6.07, 6.45) is -3.34. The Hall–Kier alpha value is -1.06. The molecule has 76 valence electrons. The summed E-state index contributed by atoms with van der Waals surface area (Å²) in [5, 5.41) is 0. The van der Waals surface area contributed by atoms with Crippen molar-refractivity contribution in [3.63, 3.8) is 0 Å². The van der Waals surface area contributed by atoms with Crippen molar-refractivity contribution in [3.8, 4) is 0 Å². The van der Waals surface area contributed by atoms with Crippen LogP contribution in [0, 0.1) is 0 Å². The number of halogens is 3. The van der Waals surface area contributed by atoms with Crippen LogP contribution in [-0.4, -0.2) is 12.9 Å². The molecule has 0 aliphatic rings. The van der Waals surface area contributed by atoms with E-state index in [9.17, 15) is 13.2 Å². The summed E-state index contributed by atoms with van der Waals surface area (Å²) >= 11 is 0. The average molecular weight is 193 g/mol. The van der Waals surface area contributed by atoms with Gasteiger partial charge >= 0.3 is 6.18 Å². The molecule has 0 heterocycles. The van der Waals surface area contributed by atoms with Gasteiger partial charge in [-0.3, -0.25) is 4.99 Å². The van der Waals surface area contributed by atoms with Gasteiger partial charge < -0.3 is 0 Å². The first kappa shape index (κ1) is 14.5. The fraction of sp³-hybridized carbons (Fsp3) is 0.444. The lowest BCUT2D eigenvalue weighted by Gasteiger charge is -2.07. The van der Waals surface area contributed by atoms with E-state index >= 15 is 0 Å². The lowest BCUT2D eigenvalue weighted by Crippen LogP contribution is -2.11. The Morgan fingerprint density at radius 3 is 1.77 bits per heavy atom. The maximum Gasteiger partial charge on any atom is 0.433 e. The van der Waals surface area contributed by atoms with Crippen LogP contribution >= 0.6 is 0 Å². The molecule has 0 amide bonds. The number of hydrogen-bond donors (Lipinski definition) is 0. The Labute approximate surface area is 76.7 Å². The highest BCUT2D eigenvalue weighted by atomic mass is 19.4. The van der Waals surface area contributed by atoms with Crippen molar-refractivity contribution in [2.75, 3.05) is 0 Å². The van der Waals surface area contributed by atoms with Crippen molar-refractivity contribution in [1.29, 1.82) is 0 Å². The zero-order chi connectivity index (χ0) is 11.1. The molecule has 13 heavy (non-hydrogen) atoms. The van der Waals surface area contributed by atoms with E-state index in [1.54, 1.807) is 0 Å². The Kier molecular flexibility index (Phi) is 7.18. The van der Waals surface area contributed by atoms with E-state index in [1.807, 2.05) is 13.8 Å². The van der Waals surface area contributed by atoms with Gasteiger partial charge in [0.05, 0.1) is 0 Å². The summed E-state index contributed by atoms with van der Waals surface area (Å²) in [6, 6.07) is 0. The summed E-state index contributed by atoms with van der Waals surface area (Å²) in [5.74, 6) is 0. The molecule has 0 fully saturated rings. The van der Waals surface area contributed by atoms with E-state index in [1.165, 1.54) is 6.92 Å². The summed E-state index contributed by atoms with van der Waals surface area (Å²) in [6.45, 7) is 11.3. The van der Waals surface area contributed by atoms with E-state index in [4.69, 9.17) is 0 Å². The summed E-state index contributed by atoms with van der Waals surface area (Å²) in [7, 11) is 0. The van der Waals surface area contributed by atoms with Crippen molar-refractivity contribution < 1.29 is 13.2 Å². The molecule has 0 saturated heterocycles. The zero-order valence-corrected chi connectivity index (χ0v) is 8.07. The van der Waals surface area contributed by atoms with Gasteiger partial charge in [-0.05, 0) is 19.2 Å². The van der Waals surface area contributed by atoms with Crippen molar-refractivity contribution in [1.82, 2.24) is 0 Å². The predicted molar refractivity (Wildman–Crippen MR) is 49.8 cm³/mol. The molecule has 0 aliphatic heterocycles. The molecule has 0 unspecified atom stereocenters. The fourth-order valence-corrected chi connectivity index (χ4v) is 0.535. The molecule has 0 N–H and O–H groups in total. The molecular formula is C9H14F3N. The quantitative estimate of drug-likeness (QED) is 0.468. The number of nitrogens with zero attached hydrogens (tertiary/aromatic N) is 1. The van der Waals surface area contributed by atoms with E-state index < -0.39 is 11.9 Å². The van der Waals surface area contributed by atoms with Gasteiger partial charge in [0.25, 0.3) is 0 Å². The SMILES string of the molecule is C=C/C(C)=C(\N=C)C(F)(F)F.CC. The third-order valence-corrected chi connectivity index (χ3v) is 1.11. The first-order valence-corrected chi connectivity index (χ1v) is 3.80. The fourth-order valence-electron chi connectivity index (χ4n) is 0.535. The van der Waals surface area contributed by atoms with Crippen molar-refractivity contribution in [3.05, 3.63) is 23.9 Å². The Bertz CT molecular complexity index is 201. The number of rotatable bonds is 2. The van der Waals surface area contributed by atoms with Gasteiger partial charge in [0, 0.05) is 0 Å². The minimum absolute atomic E-state index is 0.0208. The van der Waals surface area contributed by atoms with Gasteiger partial charge in [0.1, 0.15) is 5.70 Å². The second kappa shape index (κ2) is 6.46. The molecule has 0 aromatic carbocycles. The van der Waals surface area contributed by atoms with Crippen LogP contribution in [0.3, 0.4) is 0 Å². The highest BCUT2D eigenvalue weighted by Gasteiger charge is 2.34. The van der Waals surface area contributed by atoms with Crippen LogP contribution in [0.15, 0.2) is 28.9 Å². The molecule has 0 rings (SSSR count). The van der Waals surface area contributed by atoms with Crippen LogP contribution in [0.25, 0.3) is 0 Å². The average Bonchev–Trinajstić information content (AvgIpc) is 2.06. The number of allylic oxidation sites excluding steroid dienone is 3. The number of alkyl halides is 3. The van der Waals surface area contributed by atoms with Gasteiger partial charge in [-0.2, -0.15) is 13.2 Å². The van der Waals surface area contributed by atoms with Crippen LogP contribution in [-0.2, 0) is 0 Å². The third-order valence-electron chi connectivity index (χ3n) is 1.11. The molecule has 0 aromatic rings. The minimum Gasteiger partial charge on any atom is -0.259 e. The summed E-state index contributed by atoms with van der Waals surface area (Å²) < 4.78 is 35.8. The van der Waals surface area contributed by atoms with E-state index in [0.29, 0.717) is 0 Å². The van der Waals surface area contributed by atoms with Crippen LogP contribution < -0.4 is 0 Å². The van der Waals surface area contributed by atoms with Crippen LogP contribution in [0.5, 0.6) is 0 Å². The lowest BCUT2D eigenvalue weighted by molar-refractivity contribution is -0.0928.